The zero-order valence-electron chi connectivity index (χ0n) is 13.3. The van der Waals surface area contributed by atoms with Gasteiger partial charge >= 0.3 is 6.36 Å². The molecular formula is C16H12F4N4O2. The fraction of sp³-hybridized carbons (Fsp3) is 0.188. The SMILES string of the molecule is CO[C@H](c1ccc(OC(F)(F)F)cc1)c1c(F)cncc1-n1nccn1. The smallest absolute Gasteiger partial charge is 0.406 e. The molecule has 1 atom stereocenters. The van der Waals surface area contributed by atoms with Gasteiger partial charge in [-0.2, -0.15) is 10.2 Å². The molecule has 0 radical (unpaired) electrons. The Morgan fingerprint density at radius 2 is 1.69 bits per heavy atom. The Kier molecular flexibility index (Phi) is 4.85. The molecule has 3 rings (SSSR count). The Morgan fingerprint density at radius 1 is 1.04 bits per heavy atom. The molecule has 6 nitrogen and oxygen atoms in total. The van der Waals surface area contributed by atoms with Gasteiger partial charge in [-0.25, -0.2) is 4.39 Å². The summed E-state index contributed by atoms with van der Waals surface area (Å²) in [4.78, 5) is 4.97. The minimum Gasteiger partial charge on any atom is -0.406 e. The largest absolute Gasteiger partial charge is 0.573 e. The highest BCUT2D eigenvalue weighted by atomic mass is 19.4. The summed E-state index contributed by atoms with van der Waals surface area (Å²) in [6.45, 7) is 0. The first-order chi connectivity index (χ1) is 12.4. The Hall–Kier alpha value is -3.01. The molecule has 26 heavy (non-hydrogen) atoms. The predicted octanol–water partition coefficient (Wildman–Crippen LogP) is 3.44. The number of pyridine rings is 1. The molecule has 0 saturated heterocycles. The first-order valence-electron chi connectivity index (χ1n) is 7.27. The second-order valence-corrected chi connectivity index (χ2v) is 5.11. The van der Waals surface area contributed by atoms with Gasteiger partial charge in [-0.1, -0.05) is 12.1 Å². The second kappa shape index (κ2) is 7.08. The fourth-order valence-corrected chi connectivity index (χ4v) is 2.46. The van der Waals surface area contributed by atoms with Gasteiger partial charge in [0.2, 0.25) is 0 Å². The van der Waals surface area contributed by atoms with Crippen molar-refractivity contribution in [1.29, 1.82) is 0 Å². The van der Waals surface area contributed by atoms with Gasteiger partial charge in [0, 0.05) is 7.11 Å². The maximum atomic E-state index is 14.5. The number of rotatable bonds is 5. The zero-order chi connectivity index (χ0) is 18.7. The van der Waals surface area contributed by atoms with Crippen molar-refractivity contribution in [3.05, 3.63) is 66.0 Å². The first-order valence-corrected chi connectivity index (χ1v) is 7.27. The maximum absolute atomic E-state index is 14.5. The third kappa shape index (κ3) is 3.80. The number of hydrogen-bond acceptors (Lipinski definition) is 5. The van der Waals surface area contributed by atoms with Gasteiger partial charge in [-0.05, 0) is 17.7 Å². The van der Waals surface area contributed by atoms with Crippen molar-refractivity contribution in [2.45, 2.75) is 12.5 Å². The van der Waals surface area contributed by atoms with Crippen LogP contribution < -0.4 is 4.74 Å². The van der Waals surface area contributed by atoms with Gasteiger partial charge in [0.15, 0.2) is 0 Å². The summed E-state index contributed by atoms with van der Waals surface area (Å²) >= 11 is 0. The van der Waals surface area contributed by atoms with Crippen molar-refractivity contribution in [3.8, 4) is 11.4 Å². The molecule has 0 aliphatic carbocycles. The Labute approximate surface area is 145 Å². The van der Waals surface area contributed by atoms with Crippen LogP contribution in [0, 0.1) is 5.82 Å². The summed E-state index contributed by atoms with van der Waals surface area (Å²) in [7, 11) is 1.35. The van der Waals surface area contributed by atoms with Crippen molar-refractivity contribution in [2.75, 3.05) is 7.11 Å². The van der Waals surface area contributed by atoms with Crippen LogP contribution in [-0.2, 0) is 4.74 Å². The molecule has 2 heterocycles. The molecule has 0 aliphatic rings. The number of halogens is 4. The summed E-state index contributed by atoms with van der Waals surface area (Å²) in [6, 6.07) is 4.96. The molecule has 10 heteroatoms. The van der Waals surface area contributed by atoms with Crippen LogP contribution in [0.3, 0.4) is 0 Å². The highest BCUT2D eigenvalue weighted by Crippen LogP contribution is 2.33. The minimum atomic E-state index is -4.79. The third-order valence-corrected chi connectivity index (χ3v) is 3.47. The average molecular weight is 368 g/mol. The number of methoxy groups -OCH3 is 1. The van der Waals surface area contributed by atoms with E-state index in [0.29, 0.717) is 5.56 Å². The molecule has 0 aliphatic heterocycles. The lowest BCUT2D eigenvalue weighted by Crippen LogP contribution is -2.17. The van der Waals surface area contributed by atoms with Gasteiger partial charge < -0.3 is 9.47 Å². The molecule has 136 valence electrons. The van der Waals surface area contributed by atoms with Gasteiger partial charge in [0.1, 0.15) is 23.4 Å². The molecule has 0 amide bonds. The molecule has 1 aromatic carbocycles. The van der Waals surface area contributed by atoms with E-state index in [9.17, 15) is 17.6 Å². The molecule has 2 aromatic heterocycles. The lowest BCUT2D eigenvalue weighted by atomic mass is 10.0. The highest BCUT2D eigenvalue weighted by Gasteiger charge is 2.31. The van der Waals surface area contributed by atoms with E-state index in [1.165, 1.54) is 42.6 Å². The van der Waals surface area contributed by atoms with Crippen molar-refractivity contribution >= 4 is 0 Å². The molecule has 0 saturated carbocycles. The van der Waals surface area contributed by atoms with Crippen LogP contribution in [0.25, 0.3) is 5.69 Å². The number of alkyl halides is 3. The monoisotopic (exact) mass is 368 g/mol. The van der Waals surface area contributed by atoms with E-state index in [4.69, 9.17) is 4.74 Å². The maximum Gasteiger partial charge on any atom is 0.573 e. The zero-order valence-corrected chi connectivity index (χ0v) is 13.3. The molecule has 0 spiro atoms. The van der Waals surface area contributed by atoms with Crippen LogP contribution >= 0.6 is 0 Å². The fourth-order valence-electron chi connectivity index (χ4n) is 2.46. The molecular weight excluding hydrogens is 356 g/mol. The Bertz CT molecular complexity index is 867. The highest BCUT2D eigenvalue weighted by molar-refractivity contribution is 5.44. The van der Waals surface area contributed by atoms with Gasteiger partial charge in [0.25, 0.3) is 0 Å². The van der Waals surface area contributed by atoms with Gasteiger partial charge in [0.05, 0.1) is 30.4 Å². The number of benzene rings is 1. The van der Waals surface area contributed by atoms with Crippen molar-refractivity contribution in [3.63, 3.8) is 0 Å². The molecule has 0 bridgehead atoms. The van der Waals surface area contributed by atoms with Crippen molar-refractivity contribution in [1.82, 2.24) is 20.0 Å². The Balaban J connectivity index is 2.00. The van der Waals surface area contributed by atoms with Crippen LogP contribution in [-0.4, -0.2) is 33.5 Å². The average Bonchev–Trinajstić information content (AvgIpc) is 3.11. The van der Waals surface area contributed by atoms with Crippen LogP contribution in [0.1, 0.15) is 17.2 Å². The van der Waals surface area contributed by atoms with Crippen LogP contribution in [0.5, 0.6) is 5.75 Å². The van der Waals surface area contributed by atoms with E-state index in [2.05, 4.69) is 19.9 Å². The van der Waals surface area contributed by atoms with Crippen molar-refractivity contribution < 1.29 is 27.0 Å². The lowest BCUT2D eigenvalue weighted by Gasteiger charge is -2.20. The Morgan fingerprint density at radius 3 is 2.27 bits per heavy atom. The second-order valence-electron chi connectivity index (χ2n) is 5.11. The summed E-state index contributed by atoms with van der Waals surface area (Å²) in [6.07, 6.45) is -0.502. The third-order valence-electron chi connectivity index (χ3n) is 3.47. The first kappa shape index (κ1) is 17.8. The summed E-state index contributed by atoms with van der Waals surface area (Å²) < 4.78 is 60.5. The predicted molar refractivity (Wildman–Crippen MR) is 81.1 cm³/mol. The number of nitrogens with zero attached hydrogens (tertiary/aromatic N) is 4. The quantitative estimate of drug-likeness (QED) is 0.646. The summed E-state index contributed by atoms with van der Waals surface area (Å²) in [5, 5.41) is 7.90. The number of aromatic nitrogens is 4. The van der Waals surface area contributed by atoms with Gasteiger partial charge in [-0.15, -0.1) is 18.0 Å². The number of ether oxygens (including phenoxy) is 2. The van der Waals surface area contributed by atoms with Crippen LogP contribution in [0.2, 0.25) is 0 Å². The minimum absolute atomic E-state index is 0.100. The van der Waals surface area contributed by atoms with E-state index in [-0.39, 0.29) is 17.0 Å². The van der Waals surface area contributed by atoms with Gasteiger partial charge in [-0.3, -0.25) is 4.98 Å². The molecule has 0 N–H and O–H groups in total. The lowest BCUT2D eigenvalue weighted by molar-refractivity contribution is -0.274. The summed E-state index contributed by atoms with van der Waals surface area (Å²) in [5.74, 6) is -1.05. The van der Waals surface area contributed by atoms with E-state index >= 15 is 0 Å². The normalized spacial score (nSPS) is 12.8. The van der Waals surface area contributed by atoms with Crippen molar-refractivity contribution in [2.24, 2.45) is 0 Å². The van der Waals surface area contributed by atoms with E-state index in [0.717, 1.165) is 18.3 Å². The topological polar surface area (TPSA) is 62.1 Å². The molecule has 0 unspecified atom stereocenters. The molecule has 3 aromatic rings. The van der Waals surface area contributed by atoms with E-state index in [1.54, 1.807) is 0 Å². The van der Waals surface area contributed by atoms with Crippen LogP contribution in [0.4, 0.5) is 17.6 Å². The molecule has 0 fully saturated rings. The standard InChI is InChI=1S/C16H12F4N4O2/c1-25-15(10-2-4-11(5-3-10)26-16(18,19)20)14-12(17)8-21-9-13(14)24-22-6-7-23-24/h2-9,15H,1H3/t15-/m1/s1. The van der Waals surface area contributed by atoms with E-state index < -0.39 is 18.3 Å². The number of hydrogen-bond donors (Lipinski definition) is 0. The summed E-state index contributed by atoms with van der Waals surface area (Å²) in [5.41, 5.74) is 0.765. The van der Waals surface area contributed by atoms with Crippen LogP contribution in [0.15, 0.2) is 49.1 Å². The van der Waals surface area contributed by atoms with E-state index in [1.807, 2.05) is 0 Å².